The first-order valence-corrected chi connectivity index (χ1v) is 11.6. The highest BCUT2D eigenvalue weighted by molar-refractivity contribution is 6.31. The van der Waals surface area contributed by atoms with Crippen molar-refractivity contribution in [1.82, 2.24) is 9.88 Å². The minimum absolute atomic E-state index is 0. The molecule has 2 N–H and O–H groups in total. The fourth-order valence-corrected chi connectivity index (χ4v) is 4.54. The van der Waals surface area contributed by atoms with E-state index < -0.39 is 5.91 Å². The molecule has 2 saturated heterocycles. The largest absolute Gasteiger partial charge is 0.381 e. The third-order valence-electron chi connectivity index (χ3n) is 6.06. The highest BCUT2D eigenvalue weighted by Gasteiger charge is 2.30. The molecule has 2 aromatic rings. The number of hydrogen-bond acceptors (Lipinski definition) is 5. The number of rotatable bonds is 5. The zero-order valence-electron chi connectivity index (χ0n) is 18.1. The topological polar surface area (TPSA) is 83.6 Å². The molecule has 1 aromatic carbocycles. The second kappa shape index (κ2) is 12.0. The second-order valence-corrected chi connectivity index (χ2v) is 9.02. The van der Waals surface area contributed by atoms with Gasteiger partial charge in [-0.2, -0.15) is 0 Å². The van der Waals surface area contributed by atoms with E-state index in [-0.39, 0.29) is 29.8 Å². The molecule has 2 amide bonds. The number of aromatic nitrogens is 1. The summed E-state index contributed by atoms with van der Waals surface area (Å²) < 4.78 is 5.46. The summed E-state index contributed by atoms with van der Waals surface area (Å²) in [6.07, 6.45) is 5.16. The van der Waals surface area contributed by atoms with E-state index in [1.165, 1.54) is 12.3 Å². The maximum absolute atomic E-state index is 13.0. The zero-order valence-corrected chi connectivity index (χ0v) is 20.4. The summed E-state index contributed by atoms with van der Waals surface area (Å²) in [7, 11) is 0. The second-order valence-electron chi connectivity index (χ2n) is 8.15. The lowest BCUT2D eigenvalue weighted by molar-refractivity contribution is -0.121. The first-order valence-electron chi connectivity index (χ1n) is 10.8. The molecule has 10 heteroatoms. The van der Waals surface area contributed by atoms with Crippen molar-refractivity contribution in [2.24, 2.45) is 5.92 Å². The molecule has 178 valence electrons. The van der Waals surface area contributed by atoms with Gasteiger partial charge < -0.3 is 20.3 Å². The number of piperidine rings is 1. The predicted molar refractivity (Wildman–Crippen MR) is 133 cm³/mol. The summed E-state index contributed by atoms with van der Waals surface area (Å²) in [6, 6.07) is 8.65. The lowest BCUT2D eigenvalue weighted by Crippen LogP contribution is -2.45. The minimum Gasteiger partial charge on any atom is -0.381 e. The Labute approximate surface area is 209 Å². The summed E-state index contributed by atoms with van der Waals surface area (Å²) in [5.74, 6) is -0.211. The number of pyridine rings is 1. The Kier molecular flexibility index (Phi) is 9.35. The molecular weight excluding hydrogens is 487 g/mol. The third kappa shape index (κ3) is 6.80. The number of carbonyl (C=O) groups excluding carboxylic acids is 2. The number of anilines is 2. The summed E-state index contributed by atoms with van der Waals surface area (Å²) in [5, 5.41) is 6.53. The Morgan fingerprint density at radius 3 is 2.33 bits per heavy atom. The van der Waals surface area contributed by atoms with Gasteiger partial charge in [0, 0.05) is 36.4 Å². The van der Waals surface area contributed by atoms with Crippen LogP contribution in [0.1, 0.15) is 36.0 Å². The number of nitrogens with zero attached hydrogens (tertiary/aromatic N) is 2. The van der Waals surface area contributed by atoms with Gasteiger partial charge in [0.05, 0.1) is 16.3 Å². The molecule has 2 aliphatic heterocycles. The average Bonchev–Trinajstić information content (AvgIpc) is 2.82. The summed E-state index contributed by atoms with van der Waals surface area (Å²) in [5.41, 5.74) is 0.708. The van der Waals surface area contributed by atoms with Crippen LogP contribution in [0.5, 0.6) is 0 Å². The predicted octanol–water partition coefficient (Wildman–Crippen LogP) is 4.89. The lowest BCUT2D eigenvalue weighted by atomic mass is 9.93. The smallest absolute Gasteiger partial charge is 0.258 e. The van der Waals surface area contributed by atoms with Gasteiger partial charge in [0.15, 0.2) is 0 Å². The van der Waals surface area contributed by atoms with Gasteiger partial charge in [-0.15, -0.1) is 12.4 Å². The number of carbonyl (C=O) groups is 2. The van der Waals surface area contributed by atoms with Crippen LogP contribution >= 0.6 is 35.6 Å². The van der Waals surface area contributed by atoms with Gasteiger partial charge in [-0.05, 0) is 69.1 Å². The monoisotopic (exact) mass is 512 g/mol. The maximum Gasteiger partial charge on any atom is 0.258 e. The van der Waals surface area contributed by atoms with Crippen molar-refractivity contribution in [1.29, 1.82) is 0 Å². The molecular formula is C23H27Cl3N4O3. The van der Waals surface area contributed by atoms with E-state index in [0.29, 0.717) is 27.6 Å². The van der Waals surface area contributed by atoms with Gasteiger partial charge >= 0.3 is 0 Å². The number of hydrogen-bond donors (Lipinski definition) is 2. The fourth-order valence-electron chi connectivity index (χ4n) is 4.26. The fraction of sp³-hybridized carbons (Fsp3) is 0.435. The van der Waals surface area contributed by atoms with Gasteiger partial charge in [-0.3, -0.25) is 9.59 Å². The van der Waals surface area contributed by atoms with Crippen molar-refractivity contribution in [3.63, 3.8) is 0 Å². The van der Waals surface area contributed by atoms with Gasteiger partial charge in [0.1, 0.15) is 5.82 Å². The van der Waals surface area contributed by atoms with Crippen molar-refractivity contribution in [3.8, 4) is 0 Å². The summed E-state index contributed by atoms with van der Waals surface area (Å²) in [6.45, 7) is 3.44. The van der Waals surface area contributed by atoms with Gasteiger partial charge in [0.25, 0.3) is 5.91 Å². The van der Waals surface area contributed by atoms with Gasteiger partial charge in [-0.25, -0.2) is 4.98 Å². The van der Waals surface area contributed by atoms with Crippen molar-refractivity contribution in [2.75, 3.05) is 36.9 Å². The van der Waals surface area contributed by atoms with Crippen LogP contribution in [-0.2, 0) is 9.53 Å². The van der Waals surface area contributed by atoms with E-state index >= 15 is 0 Å². The molecule has 0 unspecified atom stereocenters. The molecule has 0 bridgehead atoms. The van der Waals surface area contributed by atoms with Crippen LogP contribution in [0.3, 0.4) is 0 Å². The van der Waals surface area contributed by atoms with Crippen molar-refractivity contribution < 1.29 is 14.3 Å². The molecule has 4 rings (SSSR count). The Morgan fingerprint density at radius 1 is 0.970 bits per heavy atom. The highest BCUT2D eigenvalue weighted by atomic mass is 35.5. The van der Waals surface area contributed by atoms with Crippen LogP contribution in [0, 0.1) is 5.92 Å². The third-order valence-corrected chi connectivity index (χ3v) is 6.52. The normalized spacial score (nSPS) is 17.8. The Hall–Kier alpha value is -1.90. The van der Waals surface area contributed by atoms with E-state index in [9.17, 15) is 9.59 Å². The van der Waals surface area contributed by atoms with E-state index in [1.807, 2.05) is 0 Å². The molecule has 1 aromatic heterocycles. The van der Waals surface area contributed by atoms with Crippen LogP contribution in [0.15, 0.2) is 36.5 Å². The molecule has 33 heavy (non-hydrogen) atoms. The van der Waals surface area contributed by atoms with Crippen LogP contribution in [0.25, 0.3) is 0 Å². The van der Waals surface area contributed by atoms with Gasteiger partial charge in [-0.1, -0.05) is 23.2 Å². The molecule has 0 aliphatic carbocycles. The number of ether oxygens (including phenoxy) is 1. The molecule has 0 saturated carbocycles. The first-order chi connectivity index (χ1) is 15.5. The van der Waals surface area contributed by atoms with E-state index in [1.54, 1.807) is 24.3 Å². The van der Waals surface area contributed by atoms with Crippen molar-refractivity contribution in [2.45, 2.75) is 31.7 Å². The Bertz CT molecular complexity index is 960. The molecule has 2 aliphatic rings. The number of likely N-dealkylation sites (tertiary alicyclic amines) is 1. The molecule has 0 radical (unpaired) electrons. The van der Waals surface area contributed by atoms with Crippen molar-refractivity contribution >= 4 is 58.9 Å². The van der Waals surface area contributed by atoms with E-state index in [4.69, 9.17) is 27.9 Å². The van der Waals surface area contributed by atoms with Crippen LogP contribution < -0.4 is 10.6 Å². The van der Waals surface area contributed by atoms with Crippen LogP contribution in [0.4, 0.5) is 11.5 Å². The summed E-state index contributed by atoms with van der Waals surface area (Å²) in [4.78, 5) is 32.4. The molecule has 0 atom stereocenters. The van der Waals surface area contributed by atoms with Crippen LogP contribution in [-0.4, -0.2) is 54.0 Å². The number of halogens is 3. The lowest BCUT2D eigenvalue weighted by Gasteiger charge is -2.38. The van der Waals surface area contributed by atoms with E-state index in [2.05, 4.69) is 20.5 Å². The minimum atomic E-state index is -0.410. The Morgan fingerprint density at radius 2 is 1.67 bits per heavy atom. The van der Waals surface area contributed by atoms with Crippen LogP contribution in [0.2, 0.25) is 10.0 Å². The molecule has 7 nitrogen and oxygen atoms in total. The first kappa shape index (κ1) is 25.7. The standard InChI is InChI=1S/C23H26Cl2N4O3.ClH/c24-16-1-3-20(19(13-16)23(31)28-21-4-2-17(25)14-26-21)27-22(30)15-5-9-29(10-6-15)18-7-11-32-12-8-18;/h1-4,13-15,18H,5-12H2,(H,27,30)(H,26,28,31);1H. The molecule has 0 spiro atoms. The highest BCUT2D eigenvalue weighted by Crippen LogP contribution is 2.27. The quantitative estimate of drug-likeness (QED) is 0.595. The number of nitrogens with one attached hydrogen (secondary N) is 2. The van der Waals surface area contributed by atoms with Crippen molar-refractivity contribution in [3.05, 3.63) is 52.1 Å². The SMILES string of the molecule is Cl.O=C(Nc1ccc(Cl)cn1)c1cc(Cl)ccc1NC(=O)C1CCN(C2CCOCC2)CC1. The number of benzene rings is 1. The number of amides is 2. The maximum atomic E-state index is 13.0. The van der Waals surface area contributed by atoms with E-state index in [0.717, 1.165) is 52.0 Å². The zero-order chi connectivity index (χ0) is 22.5. The van der Waals surface area contributed by atoms with Gasteiger partial charge in [0.2, 0.25) is 5.91 Å². The molecule has 3 heterocycles. The average molecular weight is 514 g/mol. The summed E-state index contributed by atoms with van der Waals surface area (Å²) >= 11 is 12.0. The molecule has 2 fully saturated rings. The Balaban J connectivity index is 0.00000306.